The molecule has 0 aliphatic carbocycles. The Labute approximate surface area is 153 Å². The molecule has 1 N–H and O–H groups in total. The summed E-state index contributed by atoms with van der Waals surface area (Å²) in [6, 6.07) is 15.6. The van der Waals surface area contributed by atoms with E-state index in [1.807, 2.05) is 30.3 Å². The van der Waals surface area contributed by atoms with Gasteiger partial charge in [-0.3, -0.25) is 14.6 Å². The minimum atomic E-state index is -0.310. The van der Waals surface area contributed by atoms with Gasteiger partial charge in [-0.2, -0.15) is 0 Å². The van der Waals surface area contributed by atoms with Crippen LogP contribution in [0.2, 0.25) is 0 Å². The summed E-state index contributed by atoms with van der Waals surface area (Å²) < 4.78 is 18.6. The molecule has 1 heterocycles. The van der Waals surface area contributed by atoms with E-state index in [2.05, 4.69) is 15.1 Å². The van der Waals surface area contributed by atoms with Gasteiger partial charge in [0.05, 0.1) is 6.54 Å². The molecule has 1 fully saturated rings. The van der Waals surface area contributed by atoms with Crippen LogP contribution in [0.1, 0.15) is 0 Å². The maximum Gasteiger partial charge on any atom is 0.238 e. The summed E-state index contributed by atoms with van der Waals surface area (Å²) in [4.78, 5) is 16.6. The van der Waals surface area contributed by atoms with E-state index >= 15 is 0 Å². The predicted octanol–water partition coefficient (Wildman–Crippen LogP) is 2.46. The van der Waals surface area contributed by atoms with Gasteiger partial charge in [0, 0.05) is 38.4 Å². The van der Waals surface area contributed by atoms with Gasteiger partial charge in [0.1, 0.15) is 18.2 Å². The third-order valence-electron chi connectivity index (χ3n) is 4.38. The third kappa shape index (κ3) is 5.82. The monoisotopic (exact) mass is 357 g/mol. The van der Waals surface area contributed by atoms with E-state index < -0.39 is 0 Å². The molecule has 3 rings (SSSR count). The summed E-state index contributed by atoms with van der Waals surface area (Å²) in [6.45, 7) is 5.43. The van der Waals surface area contributed by atoms with Crippen molar-refractivity contribution in [2.75, 3.05) is 51.2 Å². The predicted molar refractivity (Wildman–Crippen MR) is 99.8 cm³/mol. The average Bonchev–Trinajstić information content (AvgIpc) is 2.66. The number of nitrogens with one attached hydrogen (secondary N) is 1. The molecule has 2 aromatic carbocycles. The Balaban J connectivity index is 1.33. The van der Waals surface area contributed by atoms with Crippen molar-refractivity contribution in [2.24, 2.45) is 0 Å². The Kier molecular flexibility index (Phi) is 6.57. The normalized spacial score (nSPS) is 15.6. The topological polar surface area (TPSA) is 44.8 Å². The van der Waals surface area contributed by atoms with E-state index in [1.165, 1.54) is 12.1 Å². The molecule has 2 aromatic rings. The fourth-order valence-electron chi connectivity index (χ4n) is 2.92. The van der Waals surface area contributed by atoms with Crippen molar-refractivity contribution >= 4 is 11.6 Å². The summed E-state index contributed by atoms with van der Waals surface area (Å²) in [6.07, 6.45) is 0. The fourth-order valence-corrected chi connectivity index (χ4v) is 2.92. The van der Waals surface area contributed by atoms with Crippen molar-refractivity contribution in [3.8, 4) is 5.75 Å². The zero-order valence-corrected chi connectivity index (χ0v) is 14.7. The Bertz CT molecular complexity index is 686. The number of hydrogen-bond donors (Lipinski definition) is 1. The van der Waals surface area contributed by atoms with Crippen LogP contribution in [0.25, 0.3) is 0 Å². The lowest BCUT2D eigenvalue weighted by Crippen LogP contribution is -2.49. The van der Waals surface area contributed by atoms with E-state index in [0.717, 1.165) is 38.5 Å². The Morgan fingerprint density at radius 1 is 0.962 bits per heavy atom. The van der Waals surface area contributed by atoms with Gasteiger partial charge in [-0.05, 0) is 36.4 Å². The lowest BCUT2D eigenvalue weighted by Gasteiger charge is -2.34. The molecule has 5 nitrogen and oxygen atoms in total. The van der Waals surface area contributed by atoms with Gasteiger partial charge >= 0.3 is 0 Å². The van der Waals surface area contributed by atoms with Crippen LogP contribution in [0.5, 0.6) is 5.75 Å². The molecule has 1 amide bonds. The van der Waals surface area contributed by atoms with Crippen molar-refractivity contribution in [1.29, 1.82) is 0 Å². The van der Waals surface area contributed by atoms with Crippen molar-refractivity contribution in [2.45, 2.75) is 0 Å². The maximum atomic E-state index is 12.9. The first-order valence-electron chi connectivity index (χ1n) is 8.87. The first-order valence-corrected chi connectivity index (χ1v) is 8.87. The first-order chi connectivity index (χ1) is 12.7. The van der Waals surface area contributed by atoms with Gasteiger partial charge < -0.3 is 10.1 Å². The summed E-state index contributed by atoms with van der Waals surface area (Å²) >= 11 is 0. The number of halogens is 1. The molecule has 26 heavy (non-hydrogen) atoms. The quantitative estimate of drug-likeness (QED) is 0.827. The van der Waals surface area contributed by atoms with Crippen LogP contribution in [0, 0.1) is 5.82 Å². The molecule has 0 bridgehead atoms. The van der Waals surface area contributed by atoms with E-state index in [0.29, 0.717) is 18.8 Å². The van der Waals surface area contributed by atoms with Crippen molar-refractivity contribution in [3.63, 3.8) is 0 Å². The van der Waals surface area contributed by atoms with Crippen LogP contribution in [0.15, 0.2) is 54.6 Å². The molecule has 0 atom stereocenters. The van der Waals surface area contributed by atoms with Crippen LogP contribution in [0.3, 0.4) is 0 Å². The molecule has 1 aliphatic rings. The van der Waals surface area contributed by atoms with Gasteiger partial charge in [0.2, 0.25) is 5.91 Å². The number of piperazine rings is 1. The number of ether oxygens (including phenoxy) is 1. The maximum absolute atomic E-state index is 12.9. The zero-order chi connectivity index (χ0) is 18.2. The van der Waals surface area contributed by atoms with Crippen LogP contribution < -0.4 is 10.1 Å². The number of anilines is 1. The number of hydrogen-bond acceptors (Lipinski definition) is 4. The third-order valence-corrected chi connectivity index (χ3v) is 4.38. The highest BCUT2D eigenvalue weighted by atomic mass is 19.1. The number of benzene rings is 2. The molecule has 0 aromatic heterocycles. The molecule has 1 aliphatic heterocycles. The lowest BCUT2D eigenvalue weighted by molar-refractivity contribution is -0.117. The van der Waals surface area contributed by atoms with Crippen LogP contribution in [-0.2, 0) is 4.79 Å². The molecular formula is C20H24FN3O2. The highest BCUT2D eigenvalue weighted by Crippen LogP contribution is 2.10. The van der Waals surface area contributed by atoms with Gasteiger partial charge in [0.25, 0.3) is 0 Å². The number of nitrogens with zero attached hydrogens (tertiary/aromatic N) is 2. The molecule has 0 spiro atoms. The molecule has 0 unspecified atom stereocenters. The second kappa shape index (κ2) is 9.31. The molecule has 0 radical (unpaired) electrons. The minimum absolute atomic E-state index is 0.0718. The molecule has 138 valence electrons. The highest BCUT2D eigenvalue weighted by Gasteiger charge is 2.18. The van der Waals surface area contributed by atoms with Crippen molar-refractivity contribution < 1.29 is 13.9 Å². The number of amides is 1. The number of rotatable bonds is 7. The summed E-state index contributed by atoms with van der Waals surface area (Å²) in [5, 5.41) is 2.80. The number of carbonyl (C=O) groups is 1. The lowest BCUT2D eigenvalue weighted by atomic mass is 10.3. The number of para-hydroxylation sites is 1. The standard InChI is InChI=1S/C20H24FN3O2/c21-17-6-8-18(9-7-17)22-20(25)16-24-12-10-23(11-13-24)14-15-26-19-4-2-1-3-5-19/h1-9H,10-16H2,(H,22,25). The van der Waals surface area contributed by atoms with Crippen LogP contribution in [0.4, 0.5) is 10.1 Å². The Morgan fingerprint density at radius 2 is 1.62 bits per heavy atom. The number of carbonyl (C=O) groups excluding carboxylic acids is 1. The second-order valence-corrected chi connectivity index (χ2v) is 6.33. The Morgan fingerprint density at radius 3 is 2.31 bits per heavy atom. The summed E-state index contributed by atoms with van der Waals surface area (Å²) in [5.74, 6) is 0.511. The molecular weight excluding hydrogens is 333 g/mol. The molecule has 1 saturated heterocycles. The van der Waals surface area contributed by atoms with E-state index in [4.69, 9.17) is 4.74 Å². The molecule has 0 saturated carbocycles. The average molecular weight is 357 g/mol. The fraction of sp³-hybridized carbons (Fsp3) is 0.350. The van der Waals surface area contributed by atoms with E-state index in [-0.39, 0.29) is 11.7 Å². The smallest absolute Gasteiger partial charge is 0.238 e. The molecule has 6 heteroatoms. The van der Waals surface area contributed by atoms with Gasteiger partial charge in [-0.1, -0.05) is 18.2 Å². The summed E-state index contributed by atoms with van der Waals surface area (Å²) in [7, 11) is 0. The van der Waals surface area contributed by atoms with Crippen molar-refractivity contribution in [1.82, 2.24) is 9.80 Å². The van der Waals surface area contributed by atoms with Gasteiger partial charge in [-0.25, -0.2) is 4.39 Å². The first kappa shape index (κ1) is 18.4. The second-order valence-electron chi connectivity index (χ2n) is 6.33. The van der Waals surface area contributed by atoms with Crippen LogP contribution in [-0.4, -0.2) is 61.6 Å². The van der Waals surface area contributed by atoms with E-state index in [9.17, 15) is 9.18 Å². The summed E-state index contributed by atoms with van der Waals surface area (Å²) in [5.41, 5.74) is 0.619. The van der Waals surface area contributed by atoms with Gasteiger partial charge in [-0.15, -0.1) is 0 Å². The highest BCUT2D eigenvalue weighted by molar-refractivity contribution is 5.92. The van der Waals surface area contributed by atoms with Gasteiger partial charge in [0.15, 0.2) is 0 Å². The van der Waals surface area contributed by atoms with Crippen molar-refractivity contribution in [3.05, 3.63) is 60.4 Å². The SMILES string of the molecule is O=C(CN1CCN(CCOc2ccccc2)CC1)Nc1ccc(F)cc1. The largest absolute Gasteiger partial charge is 0.492 e. The zero-order valence-electron chi connectivity index (χ0n) is 14.7. The Hall–Kier alpha value is -2.44. The minimum Gasteiger partial charge on any atom is -0.492 e. The van der Waals surface area contributed by atoms with Crippen LogP contribution >= 0.6 is 0 Å². The van der Waals surface area contributed by atoms with E-state index in [1.54, 1.807) is 12.1 Å².